The number of alkyl halides is 3. The molecule has 160 valence electrons. The zero-order chi connectivity index (χ0) is 22.2. The van der Waals surface area contributed by atoms with Gasteiger partial charge in [-0.15, -0.1) is 0 Å². The minimum atomic E-state index is -4.43. The molecule has 0 saturated carbocycles. The number of halogens is 4. The van der Waals surface area contributed by atoms with Crippen LogP contribution in [0.3, 0.4) is 0 Å². The fourth-order valence-electron chi connectivity index (χ4n) is 3.48. The van der Waals surface area contributed by atoms with Crippen LogP contribution in [0.15, 0.2) is 55.1 Å². The number of fused-ring (bicyclic) bond motifs is 1. The van der Waals surface area contributed by atoms with Crippen LogP contribution >= 0.6 is 0 Å². The number of aromatic nitrogens is 3. The molecule has 0 spiro atoms. The van der Waals surface area contributed by atoms with E-state index in [0.717, 1.165) is 12.1 Å². The smallest absolute Gasteiger partial charge is 0.354 e. The van der Waals surface area contributed by atoms with E-state index >= 15 is 0 Å². The van der Waals surface area contributed by atoms with E-state index in [0.29, 0.717) is 41.8 Å². The molecular weight excluding hydrogens is 414 g/mol. The minimum Gasteiger partial charge on any atom is -0.354 e. The quantitative estimate of drug-likeness (QED) is 0.501. The van der Waals surface area contributed by atoms with Gasteiger partial charge >= 0.3 is 6.18 Å². The summed E-state index contributed by atoms with van der Waals surface area (Å²) in [6.07, 6.45) is -0.713. The van der Waals surface area contributed by atoms with E-state index < -0.39 is 23.5 Å². The maximum Gasteiger partial charge on any atom is 0.416 e. The highest BCUT2D eigenvalue weighted by Crippen LogP contribution is 2.32. The number of nitrogens with one attached hydrogen (secondary N) is 1. The Kier molecular flexibility index (Phi) is 5.30. The van der Waals surface area contributed by atoms with Crippen molar-refractivity contribution in [2.45, 2.75) is 18.6 Å². The molecule has 0 radical (unpaired) electrons. The lowest BCUT2D eigenvalue weighted by atomic mass is 10.1. The Hall–Kier alpha value is -3.56. The van der Waals surface area contributed by atoms with Gasteiger partial charge in [-0.1, -0.05) is 18.7 Å². The van der Waals surface area contributed by atoms with Crippen molar-refractivity contribution >= 4 is 22.6 Å². The lowest BCUT2D eigenvalue weighted by Gasteiger charge is -2.20. The van der Waals surface area contributed by atoms with Crippen LogP contribution in [-0.2, 0) is 11.0 Å². The summed E-state index contributed by atoms with van der Waals surface area (Å²) < 4.78 is 51.6. The van der Waals surface area contributed by atoms with Gasteiger partial charge in [0.05, 0.1) is 17.3 Å². The Balaban J connectivity index is 1.68. The molecule has 1 fully saturated rings. The molecule has 1 amide bonds. The van der Waals surface area contributed by atoms with Crippen molar-refractivity contribution in [2.75, 3.05) is 18.0 Å². The Morgan fingerprint density at radius 2 is 1.90 bits per heavy atom. The van der Waals surface area contributed by atoms with E-state index in [-0.39, 0.29) is 11.9 Å². The van der Waals surface area contributed by atoms with Gasteiger partial charge in [-0.25, -0.2) is 14.4 Å². The van der Waals surface area contributed by atoms with Crippen molar-refractivity contribution in [1.29, 1.82) is 0 Å². The maximum atomic E-state index is 13.0. The van der Waals surface area contributed by atoms with Crippen LogP contribution in [0, 0.1) is 0 Å². The summed E-state index contributed by atoms with van der Waals surface area (Å²) in [5, 5.41) is 3.29. The summed E-state index contributed by atoms with van der Waals surface area (Å²) in [7, 11) is 0. The van der Waals surface area contributed by atoms with E-state index in [1.165, 1.54) is 12.1 Å². The molecule has 6 nitrogen and oxygen atoms in total. The molecule has 3 aromatic rings. The Labute approximate surface area is 174 Å². The predicted molar refractivity (Wildman–Crippen MR) is 107 cm³/mol. The number of benzene rings is 1. The van der Waals surface area contributed by atoms with Gasteiger partial charge in [-0.2, -0.15) is 13.2 Å². The SMILES string of the molecule is C=C(F)C(=O)NC1CCN(c2nc(-c3ccc(C(F)(F)F)cc3)nc3cnccc23)C1. The third-order valence-corrected chi connectivity index (χ3v) is 5.02. The van der Waals surface area contributed by atoms with E-state index in [4.69, 9.17) is 0 Å². The standard InChI is InChI=1S/C21H17F4N5O/c1-12(22)20(31)27-15-7-9-30(11-15)19-16-6-8-26-10-17(16)28-18(29-19)13-2-4-14(5-3-13)21(23,24)25/h2-6,8,10,15H,1,7,9,11H2,(H,27,31). The lowest BCUT2D eigenvalue weighted by molar-refractivity contribution is -0.137. The number of carbonyl (C=O) groups is 1. The zero-order valence-corrected chi connectivity index (χ0v) is 16.2. The Morgan fingerprint density at radius 3 is 2.58 bits per heavy atom. The topological polar surface area (TPSA) is 71.0 Å². The first-order valence-electron chi connectivity index (χ1n) is 9.42. The van der Waals surface area contributed by atoms with Gasteiger partial charge in [0, 0.05) is 36.3 Å². The molecule has 1 aliphatic heterocycles. The summed E-state index contributed by atoms with van der Waals surface area (Å²) in [5.41, 5.74) is 0.205. The molecule has 1 atom stereocenters. The van der Waals surface area contributed by atoms with Crippen LogP contribution in [-0.4, -0.2) is 40.0 Å². The van der Waals surface area contributed by atoms with Crippen LogP contribution in [0.1, 0.15) is 12.0 Å². The molecule has 1 unspecified atom stereocenters. The van der Waals surface area contributed by atoms with E-state index in [1.54, 1.807) is 18.5 Å². The maximum absolute atomic E-state index is 13.0. The summed E-state index contributed by atoms with van der Waals surface area (Å²) >= 11 is 0. The van der Waals surface area contributed by atoms with E-state index in [1.807, 2.05) is 4.90 Å². The highest BCUT2D eigenvalue weighted by atomic mass is 19.4. The summed E-state index contributed by atoms with van der Waals surface area (Å²) in [6, 6.07) is 6.07. The van der Waals surface area contributed by atoms with Crippen LogP contribution in [0.25, 0.3) is 22.3 Å². The first-order chi connectivity index (χ1) is 14.7. The molecule has 1 saturated heterocycles. The van der Waals surface area contributed by atoms with Crippen molar-refractivity contribution in [3.8, 4) is 11.4 Å². The predicted octanol–water partition coefficient (Wildman–Crippen LogP) is 3.89. The highest BCUT2D eigenvalue weighted by molar-refractivity contribution is 5.92. The van der Waals surface area contributed by atoms with Gasteiger partial charge in [-0.05, 0) is 24.6 Å². The summed E-state index contributed by atoms with van der Waals surface area (Å²) in [6.45, 7) is 3.93. The van der Waals surface area contributed by atoms with Crippen molar-refractivity contribution in [3.63, 3.8) is 0 Å². The van der Waals surface area contributed by atoms with E-state index in [9.17, 15) is 22.4 Å². The van der Waals surface area contributed by atoms with Gasteiger partial charge in [0.25, 0.3) is 5.91 Å². The number of carbonyl (C=O) groups excluding carboxylic acids is 1. The van der Waals surface area contributed by atoms with Crippen LogP contribution in [0.5, 0.6) is 0 Å². The normalized spacial score (nSPS) is 16.5. The summed E-state index contributed by atoms with van der Waals surface area (Å²) in [5.74, 6) is -1.08. The molecule has 3 heterocycles. The molecule has 1 N–H and O–H groups in total. The average molecular weight is 431 g/mol. The number of nitrogens with zero attached hydrogens (tertiary/aromatic N) is 4. The van der Waals surface area contributed by atoms with Crippen LogP contribution < -0.4 is 10.2 Å². The average Bonchev–Trinajstić information content (AvgIpc) is 3.20. The highest BCUT2D eigenvalue weighted by Gasteiger charge is 2.30. The van der Waals surface area contributed by atoms with Gasteiger partial charge in [0.15, 0.2) is 11.7 Å². The van der Waals surface area contributed by atoms with Crippen LogP contribution in [0.4, 0.5) is 23.4 Å². The third kappa shape index (κ3) is 4.32. The Bertz CT molecular complexity index is 1150. The molecule has 1 aromatic carbocycles. The molecule has 10 heteroatoms. The monoisotopic (exact) mass is 431 g/mol. The van der Waals surface area contributed by atoms with Gasteiger partial charge < -0.3 is 10.2 Å². The lowest BCUT2D eigenvalue weighted by Crippen LogP contribution is -2.37. The number of anilines is 1. The summed E-state index contributed by atoms with van der Waals surface area (Å²) in [4.78, 5) is 26.6. The first kappa shape index (κ1) is 20.7. The van der Waals surface area contributed by atoms with Crippen molar-refractivity contribution < 1.29 is 22.4 Å². The van der Waals surface area contributed by atoms with E-state index in [2.05, 4.69) is 26.8 Å². The molecule has 31 heavy (non-hydrogen) atoms. The minimum absolute atomic E-state index is 0.258. The fraction of sp³-hybridized carbons (Fsp3) is 0.238. The zero-order valence-electron chi connectivity index (χ0n) is 16.2. The fourth-order valence-corrected chi connectivity index (χ4v) is 3.48. The molecule has 1 aliphatic rings. The Morgan fingerprint density at radius 1 is 1.16 bits per heavy atom. The molecule has 0 aliphatic carbocycles. The molecule has 4 rings (SSSR count). The second kappa shape index (κ2) is 7.93. The van der Waals surface area contributed by atoms with Crippen LogP contribution in [0.2, 0.25) is 0 Å². The molecular formula is C21H17F4N5O. The second-order valence-electron chi connectivity index (χ2n) is 7.15. The largest absolute Gasteiger partial charge is 0.416 e. The number of hydrogen-bond donors (Lipinski definition) is 1. The van der Waals surface area contributed by atoms with Crippen molar-refractivity contribution in [2.24, 2.45) is 0 Å². The van der Waals surface area contributed by atoms with Gasteiger partial charge in [0.1, 0.15) is 5.82 Å². The van der Waals surface area contributed by atoms with Gasteiger partial charge in [-0.3, -0.25) is 9.78 Å². The van der Waals surface area contributed by atoms with Gasteiger partial charge in [0.2, 0.25) is 0 Å². The number of rotatable bonds is 4. The van der Waals surface area contributed by atoms with Crippen molar-refractivity contribution in [1.82, 2.24) is 20.3 Å². The molecule has 0 bridgehead atoms. The number of hydrogen-bond acceptors (Lipinski definition) is 5. The molecule has 2 aromatic heterocycles. The number of pyridine rings is 1. The second-order valence-corrected chi connectivity index (χ2v) is 7.15. The third-order valence-electron chi connectivity index (χ3n) is 5.02. The van der Waals surface area contributed by atoms with Crippen molar-refractivity contribution in [3.05, 3.63) is 60.7 Å². The number of amides is 1. The first-order valence-corrected chi connectivity index (χ1v) is 9.42.